The molecule has 1 aromatic heterocycles. The number of rotatable bonds is 6. The average molecular weight is 485 g/mol. The minimum Gasteiger partial charge on any atom is -0.496 e. The van der Waals surface area contributed by atoms with Gasteiger partial charge in [0, 0.05) is 29.9 Å². The van der Waals surface area contributed by atoms with Crippen molar-refractivity contribution in [1.29, 1.82) is 0 Å². The minimum absolute atomic E-state index is 0.0430. The van der Waals surface area contributed by atoms with Crippen molar-refractivity contribution in [2.75, 3.05) is 20.2 Å². The first-order chi connectivity index (χ1) is 17.5. The summed E-state index contributed by atoms with van der Waals surface area (Å²) in [6.07, 6.45) is 7.41. The van der Waals surface area contributed by atoms with Gasteiger partial charge in [0.25, 0.3) is 5.91 Å². The van der Waals surface area contributed by atoms with E-state index in [9.17, 15) is 14.4 Å². The lowest BCUT2D eigenvalue weighted by molar-refractivity contribution is -0.127. The van der Waals surface area contributed by atoms with Crippen LogP contribution in [0.4, 0.5) is 0 Å². The third-order valence-electron chi connectivity index (χ3n) is 7.07. The lowest BCUT2D eigenvalue weighted by atomic mass is 9.91. The predicted molar refractivity (Wildman–Crippen MR) is 135 cm³/mol. The maximum absolute atomic E-state index is 13.8. The van der Waals surface area contributed by atoms with Gasteiger partial charge in [0.15, 0.2) is 0 Å². The summed E-state index contributed by atoms with van der Waals surface area (Å²) in [5.74, 6) is 2.36. The fraction of sp³-hybridized carbons (Fsp3) is 0.321. The summed E-state index contributed by atoms with van der Waals surface area (Å²) in [5.41, 5.74) is 2.95. The van der Waals surface area contributed by atoms with E-state index in [1.165, 1.54) is 0 Å². The van der Waals surface area contributed by atoms with Gasteiger partial charge in [-0.3, -0.25) is 14.4 Å². The van der Waals surface area contributed by atoms with Crippen molar-refractivity contribution >= 4 is 28.6 Å². The van der Waals surface area contributed by atoms with Crippen LogP contribution in [-0.4, -0.2) is 53.8 Å². The number of H-pyrrole nitrogens is 1. The molecule has 0 unspecified atom stereocenters. The Morgan fingerprint density at radius 2 is 2.08 bits per heavy atom. The second-order valence-electron chi connectivity index (χ2n) is 9.19. The lowest BCUT2D eigenvalue weighted by Gasteiger charge is -2.36. The average Bonchev–Trinajstić information content (AvgIpc) is 3.52. The number of carbonyl (C=O) groups is 3. The third kappa shape index (κ3) is 4.29. The zero-order valence-electron chi connectivity index (χ0n) is 20.0. The number of aromatic amines is 1. The van der Waals surface area contributed by atoms with Crippen LogP contribution < -0.4 is 15.4 Å². The third-order valence-corrected chi connectivity index (χ3v) is 7.07. The minimum atomic E-state index is -0.844. The van der Waals surface area contributed by atoms with Crippen LogP contribution in [-0.2, 0) is 16.0 Å². The lowest BCUT2D eigenvalue weighted by Crippen LogP contribution is -2.49. The molecule has 0 radical (unpaired) electrons. The fourth-order valence-electron chi connectivity index (χ4n) is 5.22. The van der Waals surface area contributed by atoms with E-state index in [1.54, 1.807) is 18.1 Å². The van der Waals surface area contributed by atoms with Gasteiger partial charge in [-0.2, -0.15) is 0 Å². The molecule has 3 heterocycles. The topological polar surface area (TPSA) is 104 Å². The molecule has 3 N–H and O–H groups in total. The summed E-state index contributed by atoms with van der Waals surface area (Å²) in [4.78, 5) is 44.2. The Morgan fingerprint density at radius 1 is 1.25 bits per heavy atom. The summed E-state index contributed by atoms with van der Waals surface area (Å²) in [5, 5.41) is 6.52. The second-order valence-corrected chi connectivity index (χ2v) is 9.19. The quantitative estimate of drug-likeness (QED) is 0.468. The molecule has 2 aliphatic rings. The molecule has 8 nitrogen and oxygen atoms in total. The molecule has 3 atom stereocenters. The van der Waals surface area contributed by atoms with Crippen LogP contribution in [0.25, 0.3) is 10.9 Å². The van der Waals surface area contributed by atoms with Crippen molar-refractivity contribution in [3.05, 3.63) is 65.4 Å². The molecule has 5 rings (SSSR count). The maximum Gasteiger partial charge on any atom is 0.271 e. The van der Waals surface area contributed by atoms with Crippen LogP contribution in [0.2, 0.25) is 0 Å². The van der Waals surface area contributed by atoms with Gasteiger partial charge in [-0.15, -0.1) is 6.42 Å². The number of ether oxygens (including phenoxy) is 1. The smallest absolute Gasteiger partial charge is 0.271 e. The number of benzene rings is 2. The van der Waals surface area contributed by atoms with Crippen molar-refractivity contribution in [2.45, 2.75) is 31.3 Å². The molecule has 1 fully saturated rings. The van der Waals surface area contributed by atoms with Crippen molar-refractivity contribution in [2.24, 2.45) is 5.92 Å². The molecular weight excluding hydrogens is 456 g/mol. The van der Waals surface area contributed by atoms with E-state index in [0.29, 0.717) is 43.8 Å². The van der Waals surface area contributed by atoms with Crippen LogP contribution in [0.5, 0.6) is 5.75 Å². The summed E-state index contributed by atoms with van der Waals surface area (Å²) < 4.78 is 5.43. The van der Waals surface area contributed by atoms with Gasteiger partial charge in [0.2, 0.25) is 11.8 Å². The van der Waals surface area contributed by atoms with Crippen molar-refractivity contribution < 1.29 is 19.1 Å². The number of amides is 3. The van der Waals surface area contributed by atoms with Crippen molar-refractivity contribution in [1.82, 2.24) is 20.5 Å². The van der Waals surface area contributed by atoms with Gasteiger partial charge in [0.1, 0.15) is 17.5 Å². The molecule has 0 bridgehead atoms. The summed E-state index contributed by atoms with van der Waals surface area (Å²) in [7, 11) is 1.59. The van der Waals surface area contributed by atoms with E-state index in [4.69, 9.17) is 11.2 Å². The normalized spacial score (nSPS) is 19.8. The van der Waals surface area contributed by atoms with Crippen molar-refractivity contribution in [3.63, 3.8) is 0 Å². The molecule has 36 heavy (non-hydrogen) atoms. The molecule has 0 aliphatic carbocycles. The molecule has 3 amide bonds. The number of hydrogen-bond donors (Lipinski definition) is 3. The van der Waals surface area contributed by atoms with Crippen LogP contribution >= 0.6 is 0 Å². The zero-order valence-corrected chi connectivity index (χ0v) is 20.0. The number of methoxy groups -OCH3 is 1. The highest BCUT2D eigenvalue weighted by Crippen LogP contribution is 2.33. The molecule has 2 aliphatic heterocycles. The first-order valence-electron chi connectivity index (χ1n) is 12.1. The second kappa shape index (κ2) is 9.78. The van der Waals surface area contributed by atoms with Gasteiger partial charge < -0.3 is 25.3 Å². The Bertz CT molecular complexity index is 1370. The predicted octanol–water partition coefficient (Wildman–Crippen LogP) is 2.56. The first kappa shape index (κ1) is 23.5. The molecule has 3 aromatic rings. The number of terminal acetylenes is 1. The van der Waals surface area contributed by atoms with E-state index in [1.807, 2.05) is 42.5 Å². The first-order valence-corrected chi connectivity index (χ1v) is 12.1. The molecule has 184 valence electrons. The van der Waals surface area contributed by atoms with Gasteiger partial charge >= 0.3 is 0 Å². The van der Waals surface area contributed by atoms with Gasteiger partial charge in [-0.25, -0.2) is 0 Å². The van der Waals surface area contributed by atoms with Crippen molar-refractivity contribution in [3.8, 4) is 18.1 Å². The van der Waals surface area contributed by atoms with Crippen LogP contribution in [0.3, 0.4) is 0 Å². The van der Waals surface area contributed by atoms with E-state index >= 15 is 0 Å². The van der Waals surface area contributed by atoms with Gasteiger partial charge in [0.05, 0.1) is 13.2 Å². The van der Waals surface area contributed by atoms with Crippen LogP contribution in [0.15, 0.2) is 48.5 Å². The van der Waals surface area contributed by atoms with E-state index in [0.717, 1.165) is 22.0 Å². The largest absolute Gasteiger partial charge is 0.496 e. The maximum atomic E-state index is 13.8. The van der Waals surface area contributed by atoms with Gasteiger partial charge in [-0.1, -0.05) is 36.3 Å². The Morgan fingerprint density at radius 3 is 2.83 bits per heavy atom. The Labute approximate surface area is 209 Å². The number of nitrogens with one attached hydrogen (secondary N) is 3. The highest BCUT2D eigenvalue weighted by Gasteiger charge is 2.38. The van der Waals surface area contributed by atoms with Gasteiger partial charge in [-0.05, 0) is 48.6 Å². The molecule has 0 saturated carbocycles. The number of aromatic nitrogens is 1. The molecule has 8 heteroatoms. The SMILES string of the molecule is C#C[C@H](C[C@@H]1CCNC1=O)NC(=O)[C@@H]1c2ccccc2CCN1C(=O)c1cc2c(OC)cccc2[nH]1. The Hall–Kier alpha value is -4.25. The highest BCUT2D eigenvalue weighted by molar-refractivity contribution is 6.02. The standard InChI is InChI=1S/C28H28N4O4/c1-3-19(15-18-11-13-29-26(18)33)30-27(34)25-20-8-5-4-7-17(20)12-14-32(25)28(35)23-16-21-22(31-23)9-6-10-24(21)36-2/h1,4-10,16,18-19,25,31H,11-15H2,2H3,(H,29,33)(H,30,34)/t18-,19+,25-/m0/s1. The summed E-state index contributed by atoms with van der Waals surface area (Å²) in [6, 6.07) is 13.5. The highest BCUT2D eigenvalue weighted by atomic mass is 16.5. The Kier molecular flexibility index (Phi) is 6.38. The van der Waals surface area contributed by atoms with E-state index in [-0.39, 0.29) is 23.6 Å². The molecule has 0 spiro atoms. The fourth-order valence-corrected chi connectivity index (χ4v) is 5.22. The summed E-state index contributed by atoms with van der Waals surface area (Å²) >= 11 is 0. The monoisotopic (exact) mass is 484 g/mol. The number of nitrogens with zero attached hydrogens (tertiary/aromatic N) is 1. The Balaban J connectivity index is 1.44. The van der Waals surface area contributed by atoms with Crippen LogP contribution in [0.1, 0.15) is 40.5 Å². The zero-order chi connectivity index (χ0) is 25.2. The summed E-state index contributed by atoms with van der Waals surface area (Å²) in [6.45, 7) is 0.995. The molecular formula is C28H28N4O4. The number of hydrogen-bond acceptors (Lipinski definition) is 4. The van der Waals surface area contributed by atoms with E-state index < -0.39 is 12.1 Å². The molecule has 2 aromatic carbocycles. The number of fused-ring (bicyclic) bond motifs is 2. The van der Waals surface area contributed by atoms with E-state index in [2.05, 4.69) is 21.5 Å². The number of carbonyl (C=O) groups excluding carboxylic acids is 3. The molecule has 1 saturated heterocycles. The van der Waals surface area contributed by atoms with Crippen LogP contribution in [0, 0.1) is 18.3 Å².